The first kappa shape index (κ1) is 38.4. The lowest BCUT2D eigenvalue weighted by Gasteiger charge is -2.64. The molecule has 6 nitrogen and oxygen atoms in total. The monoisotopic (exact) mass is 673 g/mol. The maximum Gasteiger partial charge on any atom is 0.139 e. The van der Waals surface area contributed by atoms with Crippen molar-refractivity contribution in [2.24, 2.45) is 63.1 Å². The van der Waals surface area contributed by atoms with Crippen LogP contribution in [0.3, 0.4) is 0 Å². The SMILES string of the molecule is C.C.CO[C@H]1C[C@@]2(C)[C@@H](CC[C@@H]3[C@@H]2CC[C@]2(C)C(=O)CC[C@@H]32)C[C@@H]1O.CO[C@]12CC[C@H]3[C@@H]4CCC(=O)[C@@]4(C)CC[C@@H]3[C@@]1(C)CC[C@@H](O)C2. The van der Waals surface area contributed by atoms with Crippen molar-refractivity contribution >= 4 is 11.6 Å². The Morgan fingerprint density at radius 1 is 0.646 bits per heavy atom. The third kappa shape index (κ3) is 5.37. The molecule has 8 aliphatic rings. The van der Waals surface area contributed by atoms with Gasteiger partial charge in [0.25, 0.3) is 0 Å². The fraction of sp³-hybridized carbons (Fsp3) is 0.952. The summed E-state index contributed by atoms with van der Waals surface area (Å²) < 4.78 is 11.8. The van der Waals surface area contributed by atoms with E-state index >= 15 is 0 Å². The minimum atomic E-state index is -0.295. The number of aliphatic hydroxyl groups is 2. The van der Waals surface area contributed by atoms with Crippen LogP contribution in [-0.4, -0.2) is 59.9 Å². The summed E-state index contributed by atoms with van der Waals surface area (Å²) in [6.07, 6.45) is 17.2. The molecule has 8 aliphatic carbocycles. The summed E-state index contributed by atoms with van der Waals surface area (Å²) in [5, 5.41) is 20.6. The first-order chi connectivity index (χ1) is 21.8. The lowest BCUT2D eigenvalue weighted by atomic mass is 9.43. The zero-order valence-electron chi connectivity index (χ0n) is 29.8. The van der Waals surface area contributed by atoms with Crippen LogP contribution in [0.2, 0.25) is 0 Å². The van der Waals surface area contributed by atoms with Gasteiger partial charge in [-0.1, -0.05) is 42.5 Å². The number of Topliss-reactive ketones (excluding diaryl/α,β-unsaturated/α-hetero) is 2. The third-order valence-corrected chi connectivity index (χ3v) is 17.5. The summed E-state index contributed by atoms with van der Waals surface area (Å²) in [7, 11) is 3.59. The van der Waals surface area contributed by atoms with Crippen LogP contribution in [0.4, 0.5) is 0 Å². The molecule has 0 aliphatic heterocycles. The third-order valence-electron chi connectivity index (χ3n) is 17.5. The number of carbonyl (C=O) groups excluding carboxylic acids is 2. The fourth-order valence-electron chi connectivity index (χ4n) is 14.7. The van der Waals surface area contributed by atoms with Gasteiger partial charge in [0.2, 0.25) is 0 Å². The summed E-state index contributed by atoms with van der Waals surface area (Å²) >= 11 is 0. The second-order valence-electron chi connectivity index (χ2n) is 18.7. The van der Waals surface area contributed by atoms with Crippen LogP contribution < -0.4 is 0 Å². The van der Waals surface area contributed by atoms with Crippen LogP contribution in [0.5, 0.6) is 0 Å². The van der Waals surface area contributed by atoms with Gasteiger partial charge < -0.3 is 19.7 Å². The van der Waals surface area contributed by atoms with Crippen LogP contribution in [-0.2, 0) is 19.1 Å². The molecule has 276 valence electrons. The average molecular weight is 673 g/mol. The van der Waals surface area contributed by atoms with E-state index in [1.54, 1.807) is 7.11 Å². The van der Waals surface area contributed by atoms with E-state index < -0.39 is 0 Å². The first-order valence-electron chi connectivity index (χ1n) is 19.3. The molecule has 2 N–H and O–H groups in total. The first-order valence-corrected chi connectivity index (χ1v) is 19.3. The van der Waals surface area contributed by atoms with Gasteiger partial charge in [0, 0.05) is 44.3 Å². The Kier molecular flexibility index (Phi) is 10.6. The maximum atomic E-state index is 12.5. The highest BCUT2D eigenvalue weighted by Gasteiger charge is 2.65. The van der Waals surface area contributed by atoms with E-state index in [0.29, 0.717) is 47.1 Å². The predicted molar refractivity (Wildman–Crippen MR) is 191 cm³/mol. The van der Waals surface area contributed by atoms with Gasteiger partial charge >= 0.3 is 0 Å². The second-order valence-corrected chi connectivity index (χ2v) is 18.7. The molecule has 0 saturated heterocycles. The molecular formula is C42H72O6. The number of hydrogen-bond donors (Lipinski definition) is 2. The van der Waals surface area contributed by atoms with Crippen molar-refractivity contribution in [2.75, 3.05) is 14.2 Å². The molecule has 0 aromatic carbocycles. The molecule has 8 fully saturated rings. The molecule has 0 heterocycles. The normalized spacial score (nSPS) is 53.6. The van der Waals surface area contributed by atoms with Gasteiger partial charge in [-0.2, -0.15) is 0 Å². The smallest absolute Gasteiger partial charge is 0.139 e. The van der Waals surface area contributed by atoms with E-state index in [2.05, 4.69) is 27.7 Å². The number of fused-ring (bicyclic) bond motifs is 10. The van der Waals surface area contributed by atoms with E-state index in [1.165, 1.54) is 32.1 Å². The number of carbonyl (C=O) groups is 2. The van der Waals surface area contributed by atoms with Crippen LogP contribution in [0, 0.1) is 63.1 Å². The standard InChI is InChI=1S/2C20H32O3.2CH4/c1-18-9-8-16-14(15(18)4-5-17(18)22)7-11-20(23-3)12-13(21)6-10-19(16,20)2;1-19-9-8-15-13(14(19)6-7-18(19)22)5-4-12-10-16(21)17(23-3)11-20(12,15)2;;/h13-16,21H,4-12H2,1-3H3;12-17,21H,4-11H2,1-3H3;2*1H4/t13-,14+,15+,16+,18+,19-,20+;12-,13-,14-,15-,16-,17-,19-,20-;;/m10../s1. The summed E-state index contributed by atoms with van der Waals surface area (Å²) in [4.78, 5) is 24.9. The maximum absolute atomic E-state index is 12.5. The highest BCUT2D eigenvalue weighted by Crippen LogP contribution is 2.68. The van der Waals surface area contributed by atoms with Gasteiger partial charge in [0.05, 0.1) is 23.9 Å². The van der Waals surface area contributed by atoms with Crippen LogP contribution in [0.25, 0.3) is 0 Å². The number of ether oxygens (including phenoxy) is 2. The zero-order valence-corrected chi connectivity index (χ0v) is 29.8. The van der Waals surface area contributed by atoms with E-state index in [9.17, 15) is 19.8 Å². The quantitative estimate of drug-likeness (QED) is 0.305. The van der Waals surface area contributed by atoms with Crippen LogP contribution >= 0.6 is 0 Å². The Balaban J connectivity index is 0.000000180. The number of rotatable bonds is 2. The van der Waals surface area contributed by atoms with Crippen LogP contribution in [0.1, 0.15) is 152 Å². The van der Waals surface area contributed by atoms with Crippen molar-refractivity contribution in [3.05, 3.63) is 0 Å². The van der Waals surface area contributed by atoms with Gasteiger partial charge in [-0.15, -0.1) is 0 Å². The van der Waals surface area contributed by atoms with Crippen molar-refractivity contribution in [3.63, 3.8) is 0 Å². The van der Waals surface area contributed by atoms with Gasteiger partial charge in [-0.05, 0) is 142 Å². The van der Waals surface area contributed by atoms with Crippen molar-refractivity contribution < 1.29 is 29.3 Å². The molecule has 0 bridgehead atoms. The van der Waals surface area contributed by atoms with Crippen molar-refractivity contribution in [3.8, 4) is 0 Å². The molecule has 6 heteroatoms. The van der Waals surface area contributed by atoms with Crippen molar-refractivity contribution in [2.45, 2.75) is 176 Å². The Labute approximate surface area is 293 Å². The van der Waals surface area contributed by atoms with Gasteiger partial charge in [-0.25, -0.2) is 0 Å². The van der Waals surface area contributed by atoms with E-state index in [1.807, 2.05) is 7.11 Å². The molecule has 48 heavy (non-hydrogen) atoms. The molecule has 0 amide bonds. The largest absolute Gasteiger partial charge is 0.393 e. The molecular weight excluding hydrogens is 600 g/mol. The molecule has 0 radical (unpaired) electrons. The molecule has 0 aromatic heterocycles. The summed E-state index contributed by atoms with van der Waals surface area (Å²) in [6.45, 7) is 9.39. The summed E-state index contributed by atoms with van der Waals surface area (Å²) in [5.74, 6) is 5.66. The topological polar surface area (TPSA) is 93.1 Å². The summed E-state index contributed by atoms with van der Waals surface area (Å²) in [5.41, 5.74) is 0.229. The van der Waals surface area contributed by atoms with Crippen molar-refractivity contribution in [1.29, 1.82) is 0 Å². The van der Waals surface area contributed by atoms with Gasteiger partial charge in [0.1, 0.15) is 11.6 Å². The molecule has 8 rings (SSSR count). The highest BCUT2D eigenvalue weighted by atomic mass is 16.5. The minimum Gasteiger partial charge on any atom is -0.393 e. The summed E-state index contributed by atoms with van der Waals surface area (Å²) in [6, 6.07) is 0. The molecule has 0 unspecified atom stereocenters. The molecule has 0 aromatic rings. The lowest BCUT2D eigenvalue weighted by molar-refractivity contribution is -0.230. The number of methoxy groups -OCH3 is 2. The second kappa shape index (κ2) is 13.3. The predicted octanol–water partition coefficient (Wildman–Crippen LogP) is 8.58. The van der Waals surface area contributed by atoms with Gasteiger partial charge in [-0.3, -0.25) is 9.59 Å². The average Bonchev–Trinajstić information content (AvgIpc) is 3.51. The van der Waals surface area contributed by atoms with E-state index in [-0.39, 0.29) is 60.4 Å². The Morgan fingerprint density at radius 2 is 1.23 bits per heavy atom. The Hall–Kier alpha value is -0.820. The molecule has 0 spiro atoms. The van der Waals surface area contributed by atoms with E-state index in [0.717, 1.165) is 83.0 Å². The minimum absolute atomic E-state index is 0. The van der Waals surface area contributed by atoms with Crippen LogP contribution in [0.15, 0.2) is 0 Å². The highest BCUT2D eigenvalue weighted by molar-refractivity contribution is 5.87. The number of ketones is 2. The number of aliphatic hydroxyl groups excluding tert-OH is 2. The molecule has 8 saturated carbocycles. The van der Waals surface area contributed by atoms with Crippen molar-refractivity contribution in [1.82, 2.24) is 0 Å². The Bertz CT molecular complexity index is 1200. The number of hydrogen-bond acceptors (Lipinski definition) is 6. The lowest BCUT2D eigenvalue weighted by Crippen LogP contribution is -2.63. The fourth-order valence-corrected chi connectivity index (χ4v) is 14.7. The van der Waals surface area contributed by atoms with E-state index in [4.69, 9.17) is 9.47 Å². The molecule has 15 atom stereocenters. The Morgan fingerprint density at radius 3 is 1.81 bits per heavy atom. The van der Waals surface area contributed by atoms with Gasteiger partial charge in [0.15, 0.2) is 0 Å². The zero-order chi connectivity index (χ0) is 32.9.